The summed E-state index contributed by atoms with van der Waals surface area (Å²) in [5.41, 5.74) is 14.0. The van der Waals surface area contributed by atoms with Crippen LogP contribution in [0.5, 0.6) is 5.75 Å². The minimum atomic E-state index is -0.529. The third-order valence-electron chi connectivity index (χ3n) is 6.97. The van der Waals surface area contributed by atoms with Gasteiger partial charge < -0.3 is 31.6 Å². The Labute approximate surface area is 258 Å². The number of rotatable bonds is 11. The molecule has 1 unspecified atom stereocenters. The molecule has 5 rings (SSSR count). The third-order valence-corrected chi connectivity index (χ3v) is 7.25. The number of nitrogens with one attached hydrogen (secondary N) is 2. The van der Waals surface area contributed by atoms with E-state index in [1.165, 1.54) is 0 Å². The Bertz CT molecular complexity index is 1600. The number of aryl methyl sites for hydroxylation is 1. The van der Waals surface area contributed by atoms with E-state index in [-0.39, 0.29) is 47.6 Å². The first kappa shape index (κ1) is 32.4. The molecule has 0 saturated carbocycles. The minimum absolute atomic E-state index is 0.0275. The second kappa shape index (κ2) is 15.3. The summed E-state index contributed by atoms with van der Waals surface area (Å²) in [5.74, 6) is 0.444. The lowest BCUT2D eigenvalue weighted by Gasteiger charge is -2.11. The number of nitrogens with two attached hydrogens (primary N) is 2. The second-order valence-corrected chi connectivity index (χ2v) is 10.1. The molecule has 0 spiro atoms. The molecule has 2 amide bonds. The van der Waals surface area contributed by atoms with E-state index in [0.29, 0.717) is 39.2 Å². The van der Waals surface area contributed by atoms with Gasteiger partial charge in [0.2, 0.25) is 0 Å². The quantitative estimate of drug-likeness (QED) is 0.182. The maximum Gasteiger partial charge on any atom is 0.277 e. The topological polar surface area (TPSA) is 176 Å². The number of pyridine rings is 1. The molecule has 1 atom stereocenters. The van der Waals surface area contributed by atoms with Crippen molar-refractivity contribution in [2.24, 2.45) is 0 Å². The van der Waals surface area contributed by atoms with Crippen molar-refractivity contribution < 1.29 is 28.0 Å². The Balaban J connectivity index is 0.00000216. The highest BCUT2D eigenvalue weighted by atomic mass is 35.5. The number of benzene rings is 1. The highest BCUT2D eigenvalue weighted by molar-refractivity contribution is 6.31. The SMILES string of the molecule is CC[n+]1c(CNC(=O)c2nc(Cl)c(N)nc2N)n(CC2CCCO2)c2cc(OCC(=O)NCc3ccccn3)ccc21.CF. The fourth-order valence-electron chi connectivity index (χ4n) is 4.94. The lowest BCUT2D eigenvalue weighted by Crippen LogP contribution is -2.41. The molecule has 1 fully saturated rings. The third kappa shape index (κ3) is 7.68. The molecule has 1 aromatic carbocycles. The Morgan fingerprint density at radius 1 is 1.16 bits per heavy atom. The molecule has 234 valence electrons. The normalized spacial score (nSPS) is 14.1. The number of carbonyl (C=O) groups excluding carboxylic acids is 2. The molecule has 0 aliphatic carbocycles. The van der Waals surface area contributed by atoms with Crippen LogP contribution in [-0.2, 0) is 35.7 Å². The fraction of sp³-hybridized carbons (Fsp3) is 0.379. The summed E-state index contributed by atoms with van der Waals surface area (Å²) in [7, 11) is 0.500. The van der Waals surface area contributed by atoms with E-state index in [9.17, 15) is 14.0 Å². The average Bonchev–Trinajstić information content (AvgIpc) is 3.66. The predicted octanol–water partition coefficient (Wildman–Crippen LogP) is 2.34. The zero-order chi connectivity index (χ0) is 31.6. The minimum Gasteiger partial charge on any atom is -0.484 e. The molecular formula is C29H36ClFN9O4+. The fourth-order valence-corrected chi connectivity index (χ4v) is 5.07. The summed E-state index contributed by atoms with van der Waals surface area (Å²) < 4.78 is 25.5. The van der Waals surface area contributed by atoms with Crippen molar-refractivity contribution in [2.75, 3.05) is 31.9 Å². The van der Waals surface area contributed by atoms with Crippen molar-refractivity contribution in [1.29, 1.82) is 0 Å². The summed E-state index contributed by atoms with van der Waals surface area (Å²) in [6, 6.07) is 11.2. The highest BCUT2D eigenvalue weighted by Gasteiger charge is 2.29. The van der Waals surface area contributed by atoms with Crippen LogP contribution in [-0.4, -0.2) is 57.8 Å². The van der Waals surface area contributed by atoms with E-state index < -0.39 is 5.91 Å². The molecule has 4 heterocycles. The zero-order valence-corrected chi connectivity index (χ0v) is 25.3. The standard InChI is InChI=1S/C28H32ClN9O4.CH3F/c1-2-37-20-9-8-18(42-16-22(39)33-13-17-6-3-4-10-32-17)12-21(20)38(15-19-7-5-11-41-19)23(37)14-34-28(40)24-26(30)36-27(31)25(29)35-24;1-2/h3-4,6,8-10,12,19H,2,5,7,11,13-16H2,1H3,(H5-,30,31,33,34,36,39,40);1H3/p+1. The van der Waals surface area contributed by atoms with Gasteiger partial charge in [-0.3, -0.25) is 19.0 Å². The number of carbonyl (C=O) groups is 2. The summed E-state index contributed by atoms with van der Waals surface area (Å²) in [5, 5.41) is 5.61. The van der Waals surface area contributed by atoms with Gasteiger partial charge in [0.05, 0.1) is 32.1 Å². The zero-order valence-electron chi connectivity index (χ0n) is 24.6. The molecule has 15 heteroatoms. The van der Waals surface area contributed by atoms with Gasteiger partial charge in [-0.1, -0.05) is 17.7 Å². The van der Waals surface area contributed by atoms with E-state index in [0.717, 1.165) is 35.4 Å². The first-order valence-corrected chi connectivity index (χ1v) is 14.4. The van der Waals surface area contributed by atoms with Crippen molar-refractivity contribution in [1.82, 2.24) is 30.2 Å². The maximum absolute atomic E-state index is 13.0. The molecule has 1 aliphatic heterocycles. The number of nitrogens with zero attached hydrogens (tertiary/aromatic N) is 5. The maximum atomic E-state index is 13.0. The highest BCUT2D eigenvalue weighted by Crippen LogP contribution is 2.24. The number of hydrogen-bond acceptors (Lipinski definition) is 9. The molecule has 3 aromatic heterocycles. The molecule has 4 aromatic rings. The lowest BCUT2D eigenvalue weighted by molar-refractivity contribution is -0.676. The van der Waals surface area contributed by atoms with Crippen LogP contribution in [0.25, 0.3) is 11.0 Å². The van der Waals surface area contributed by atoms with Gasteiger partial charge in [0, 0.05) is 18.9 Å². The number of hydrogen-bond donors (Lipinski definition) is 4. The van der Waals surface area contributed by atoms with E-state index in [1.54, 1.807) is 6.20 Å². The largest absolute Gasteiger partial charge is 0.484 e. The number of anilines is 2. The van der Waals surface area contributed by atoms with Gasteiger partial charge in [0.25, 0.3) is 17.6 Å². The van der Waals surface area contributed by atoms with Crippen LogP contribution in [0.2, 0.25) is 5.15 Å². The predicted molar refractivity (Wildman–Crippen MR) is 162 cm³/mol. The van der Waals surface area contributed by atoms with Gasteiger partial charge in [-0.05, 0) is 44.0 Å². The van der Waals surface area contributed by atoms with Crippen molar-refractivity contribution in [3.05, 3.63) is 65.0 Å². The molecule has 0 radical (unpaired) electrons. The smallest absolute Gasteiger partial charge is 0.277 e. The van der Waals surface area contributed by atoms with Crippen LogP contribution in [0.1, 0.15) is 41.8 Å². The molecule has 13 nitrogen and oxygen atoms in total. The van der Waals surface area contributed by atoms with Crippen molar-refractivity contribution >= 4 is 46.1 Å². The molecule has 0 bridgehead atoms. The van der Waals surface area contributed by atoms with Crippen LogP contribution in [0.3, 0.4) is 0 Å². The molecule has 1 saturated heterocycles. The summed E-state index contributed by atoms with van der Waals surface area (Å²) in [4.78, 5) is 37.6. The number of nitrogen functional groups attached to an aromatic ring is 2. The Morgan fingerprint density at radius 2 is 1.98 bits per heavy atom. The summed E-state index contributed by atoms with van der Waals surface area (Å²) in [6.07, 6.45) is 3.62. The number of halogens is 2. The van der Waals surface area contributed by atoms with Gasteiger partial charge in [0.15, 0.2) is 40.1 Å². The van der Waals surface area contributed by atoms with Gasteiger partial charge in [0.1, 0.15) is 18.8 Å². The van der Waals surface area contributed by atoms with Gasteiger partial charge in [-0.25, -0.2) is 19.1 Å². The lowest BCUT2D eigenvalue weighted by atomic mass is 10.2. The molecule has 44 heavy (non-hydrogen) atoms. The summed E-state index contributed by atoms with van der Waals surface area (Å²) in [6.45, 7) is 4.31. The average molecular weight is 629 g/mol. The first-order valence-electron chi connectivity index (χ1n) is 14.0. The van der Waals surface area contributed by atoms with E-state index in [1.807, 2.05) is 43.3 Å². The number of ether oxygens (including phenoxy) is 2. The monoisotopic (exact) mass is 628 g/mol. The number of alkyl halides is 1. The Morgan fingerprint density at radius 3 is 2.68 bits per heavy atom. The van der Waals surface area contributed by atoms with Gasteiger partial charge >= 0.3 is 0 Å². The van der Waals surface area contributed by atoms with E-state index in [2.05, 4.69) is 34.7 Å². The number of fused-ring (bicyclic) bond motifs is 1. The molecular weight excluding hydrogens is 593 g/mol. The molecule has 6 N–H and O–H groups in total. The Kier molecular flexibility index (Phi) is 11.2. The number of imidazole rings is 1. The van der Waals surface area contributed by atoms with Crippen molar-refractivity contribution in [2.45, 2.75) is 52.0 Å². The second-order valence-electron chi connectivity index (χ2n) is 9.76. The van der Waals surface area contributed by atoms with Crippen LogP contribution in [0, 0.1) is 0 Å². The van der Waals surface area contributed by atoms with E-state index >= 15 is 0 Å². The number of aromatic nitrogens is 5. The van der Waals surface area contributed by atoms with Crippen LogP contribution < -0.4 is 31.4 Å². The summed E-state index contributed by atoms with van der Waals surface area (Å²) >= 11 is 5.98. The van der Waals surface area contributed by atoms with Crippen LogP contribution in [0.4, 0.5) is 16.0 Å². The Hall–Kier alpha value is -4.56. The van der Waals surface area contributed by atoms with Crippen molar-refractivity contribution in [3.63, 3.8) is 0 Å². The van der Waals surface area contributed by atoms with Gasteiger partial charge in [-0.15, -0.1) is 0 Å². The van der Waals surface area contributed by atoms with Crippen LogP contribution >= 0.6 is 11.6 Å². The van der Waals surface area contributed by atoms with Gasteiger partial charge in [-0.2, -0.15) is 0 Å². The van der Waals surface area contributed by atoms with Crippen molar-refractivity contribution in [3.8, 4) is 5.75 Å². The number of amides is 2. The molecule has 1 aliphatic rings. The first-order chi connectivity index (χ1) is 21.3. The van der Waals surface area contributed by atoms with Crippen LogP contribution in [0.15, 0.2) is 42.6 Å². The van der Waals surface area contributed by atoms with E-state index in [4.69, 9.17) is 32.5 Å².